The van der Waals surface area contributed by atoms with Crippen molar-refractivity contribution in [3.63, 3.8) is 0 Å². The van der Waals surface area contributed by atoms with E-state index in [4.69, 9.17) is 0 Å². The van der Waals surface area contributed by atoms with E-state index in [1.54, 1.807) is 36.7 Å². The predicted octanol–water partition coefficient (Wildman–Crippen LogP) is 3.11. The summed E-state index contributed by atoms with van der Waals surface area (Å²) in [4.78, 5) is 16.8. The zero-order chi connectivity index (χ0) is 20.9. The Balaban J connectivity index is 1.86. The van der Waals surface area contributed by atoms with Crippen molar-refractivity contribution >= 4 is 21.4 Å². The van der Waals surface area contributed by atoms with Crippen LogP contribution in [-0.2, 0) is 14.6 Å². The van der Waals surface area contributed by atoms with Crippen LogP contribution in [0.25, 0.3) is 0 Å². The van der Waals surface area contributed by atoms with Crippen molar-refractivity contribution in [3.05, 3.63) is 89.7 Å². The van der Waals surface area contributed by atoms with E-state index >= 15 is 0 Å². The number of carbonyl (C=O) groups excluding carboxylic acids is 1. The highest BCUT2D eigenvalue weighted by Crippen LogP contribution is 2.27. The van der Waals surface area contributed by atoms with E-state index in [2.05, 4.69) is 15.6 Å². The van der Waals surface area contributed by atoms with Gasteiger partial charge >= 0.3 is 0 Å². The van der Waals surface area contributed by atoms with Crippen molar-refractivity contribution in [1.82, 2.24) is 10.3 Å². The number of nitrogens with one attached hydrogen (secondary N) is 2. The zero-order valence-corrected chi connectivity index (χ0v) is 17.1. The lowest BCUT2D eigenvalue weighted by atomic mass is 9.98. The Kier molecular flexibility index (Phi) is 6.41. The van der Waals surface area contributed by atoms with Gasteiger partial charge in [0.15, 0.2) is 9.84 Å². The lowest BCUT2D eigenvalue weighted by molar-refractivity contribution is -0.115. The predicted molar refractivity (Wildman–Crippen MR) is 113 cm³/mol. The Labute approximate surface area is 170 Å². The fourth-order valence-electron chi connectivity index (χ4n) is 3.13. The third-order valence-electron chi connectivity index (χ3n) is 4.39. The van der Waals surface area contributed by atoms with Crippen LogP contribution in [0, 0.1) is 6.92 Å². The number of rotatable bonds is 7. The van der Waals surface area contributed by atoms with Gasteiger partial charge in [-0.2, -0.15) is 0 Å². The van der Waals surface area contributed by atoms with Crippen LogP contribution >= 0.6 is 0 Å². The van der Waals surface area contributed by atoms with Gasteiger partial charge in [0.1, 0.15) is 0 Å². The van der Waals surface area contributed by atoms with Gasteiger partial charge in [0.2, 0.25) is 5.91 Å². The van der Waals surface area contributed by atoms with Crippen molar-refractivity contribution in [3.8, 4) is 0 Å². The van der Waals surface area contributed by atoms with Crippen molar-refractivity contribution in [2.24, 2.45) is 0 Å². The molecule has 7 heteroatoms. The molecule has 0 aliphatic rings. The number of sulfone groups is 1. The molecule has 1 atom stereocenters. The summed E-state index contributed by atoms with van der Waals surface area (Å²) in [6.07, 6.45) is 4.48. The van der Waals surface area contributed by atoms with E-state index in [1.165, 1.54) is 6.26 Å². The molecule has 6 nitrogen and oxygen atoms in total. The first-order valence-electron chi connectivity index (χ1n) is 9.13. The lowest BCUT2D eigenvalue weighted by Crippen LogP contribution is -2.32. The van der Waals surface area contributed by atoms with Crippen molar-refractivity contribution in [1.29, 1.82) is 0 Å². The summed E-state index contributed by atoms with van der Waals surface area (Å²) < 4.78 is 24.6. The highest BCUT2D eigenvalue weighted by molar-refractivity contribution is 7.90. The van der Waals surface area contributed by atoms with Crippen LogP contribution in [0.5, 0.6) is 0 Å². The molecule has 2 aromatic carbocycles. The third-order valence-corrected chi connectivity index (χ3v) is 5.56. The maximum absolute atomic E-state index is 12.5. The molecule has 29 heavy (non-hydrogen) atoms. The minimum Gasteiger partial charge on any atom is -0.324 e. The number of hydrogen-bond acceptors (Lipinski definition) is 5. The van der Waals surface area contributed by atoms with Gasteiger partial charge < -0.3 is 5.32 Å². The Hall–Kier alpha value is -3.03. The average molecular weight is 410 g/mol. The molecule has 1 amide bonds. The first kappa shape index (κ1) is 20.7. The maximum Gasteiger partial charge on any atom is 0.238 e. The fraction of sp³-hybridized carbons (Fsp3) is 0.182. The SMILES string of the molecule is Cc1cncc(NC(=O)CNC(c2ccccc2)c2ccccc2S(C)(=O)=O)c1. The summed E-state index contributed by atoms with van der Waals surface area (Å²) >= 11 is 0. The summed E-state index contributed by atoms with van der Waals surface area (Å²) in [5, 5.41) is 6.01. The van der Waals surface area contributed by atoms with Crippen molar-refractivity contribution in [2.75, 3.05) is 18.1 Å². The number of anilines is 1. The van der Waals surface area contributed by atoms with Crippen LogP contribution in [0.1, 0.15) is 22.7 Å². The van der Waals surface area contributed by atoms with Gasteiger partial charge in [-0.25, -0.2) is 8.42 Å². The second kappa shape index (κ2) is 8.98. The Morgan fingerprint density at radius 3 is 2.41 bits per heavy atom. The van der Waals surface area contributed by atoms with Gasteiger partial charge in [-0.15, -0.1) is 0 Å². The van der Waals surface area contributed by atoms with E-state index in [0.717, 1.165) is 11.1 Å². The summed E-state index contributed by atoms with van der Waals surface area (Å²) in [5.74, 6) is -0.241. The second-order valence-electron chi connectivity index (χ2n) is 6.83. The first-order valence-corrected chi connectivity index (χ1v) is 11.0. The van der Waals surface area contributed by atoms with Gasteiger partial charge in [-0.05, 0) is 35.7 Å². The number of hydrogen-bond donors (Lipinski definition) is 2. The summed E-state index contributed by atoms with van der Waals surface area (Å²) in [7, 11) is -3.43. The fourth-order valence-corrected chi connectivity index (χ4v) is 4.07. The summed E-state index contributed by atoms with van der Waals surface area (Å²) in [6.45, 7) is 1.90. The lowest BCUT2D eigenvalue weighted by Gasteiger charge is -2.22. The number of amides is 1. The summed E-state index contributed by atoms with van der Waals surface area (Å²) in [6, 6.07) is 17.7. The molecule has 2 N–H and O–H groups in total. The Morgan fingerprint density at radius 1 is 1.03 bits per heavy atom. The molecule has 3 rings (SSSR count). The molecule has 0 fully saturated rings. The first-order chi connectivity index (χ1) is 13.8. The normalized spacial score (nSPS) is 12.3. The Bertz CT molecular complexity index is 1100. The number of carbonyl (C=O) groups is 1. The number of benzene rings is 2. The molecule has 0 aliphatic heterocycles. The smallest absolute Gasteiger partial charge is 0.238 e. The van der Waals surface area contributed by atoms with Crippen molar-refractivity contribution in [2.45, 2.75) is 17.9 Å². The van der Waals surface area contributed by atoms with E-state index in [9.17, 15) is 13.2 Å². The standard InChI is InChI=1S/C22H23N3O3S/c1-16-12-18(14-23-13-16)25-21(26)15-24-22(17-8-4-3-5-9-17)19-10-6-7-11-20(19)29(2,27)28/h3-14,22,24H,15H2,1-2H3,(H,25,26). The number of nitrogens with zero attached hydrogens (tertiary/aromatic N) is 1. The topological polar surface area (TPSA) is 88.2 Å². The van der Waals surface area contributed by atoms with Gasteiger partial charge in [0.25, 0.3) is 0 Å². The van der Waals surface area contributed by atoms with Gasteiger partial charge in [0.05, 0.1) is 29.4 Å². The summed E-state index contributed by atoms with van der Waals surface area (Å²) in [5.41, 5.74) is 3.03. The van der Waals surface area contributed by atoms with Crippen molar-refractivity contribution < 1.29 is 13.2 Å². The average Bonchev–Trinajstić information content (AvgIpc) is 2.68. The zero-order valence-electron chi connectivity index (χ0n) is 16.3. The molecule has 1 unspecified atom stereocenters. The van der Waals surface area contributed by atoms with E-state index in [1.807, 2.05) is 43.3 Å². The van der Waals surface area contributed by atoms with Crippen LogP contribution in [-0.4, -0.2) is 32.1 Å². The largest absolute Gasteiger partial charge is 0.324 e. The second-order valence-corrected chi connectivity index (χ2v) is 8.82. The molecule has 0 radical (unpaired) electrons. The Morgan fingerprint density at radius 2 is 1.72 bits per heavy atom. The molecule has 0 aliphatic carbocycles. The maximum atomic E-state index is 12.5. The highest BCUT2D eigenvalue weighted by Gasteiger charge is 2.22. The van der Waals surface area contributed by atoms with Crippen LogP contribution < -0.4 is 10.6 Å². The van der Waals surface area contributed by atoms with Crippen LogP contribution in [0.15, 0.2) is 78.0 Å². The van der Waals surface area contributed by atoms with E-state index in [-0.39, 0.29) is 17.3 Å². The van der Waals surface area contributed by atoms with Crippen LogP contribution in [0.4, 0.5) is 5.69 Å². The number of pyridine rings is 1. The molecule has 150 valence electrons. The van der Waals surface area contributed by atoms with Gasteiger partial charge in [0, 0.05) is 12.5 Å². The van der Waals surface area contributed by atoms with E-state index < -0.39 is 15.9 Å². The number of aryl methyl sites for hydroxylation is 1. The molecule has 0 spiro atoms. The van der Waals surface area contributed by atoms with Crippen LogP contribution in [0.3, 0.4) is 0 Å². The quantitative estimate of drug-likeness (QED) is 0.626. The molecule has 3 aromatic rings. The molecule has 0 saturated heterocycles. The molecular formula is C22H23N3O3S. The molecule has 1 heterocycles. The third kappa shape index (κ3) is 5.49. The molecule has 0 saturated carbocycles. The van der Waals surface area contributed by atoms with E-state index in [0.29, 0.717) is 11.3 Å². The monoisotopic (exact) mass is 409 g/mol. The van der Waals surface area contributed by atoms with Crippen LogP contribution in [0.2, 0.25) is 0 Å². The minimum atomic E-state index is -3.43. The highest BCUT2D eigenvalue weighted by atomic mass is 32.2. The minimum absolute atomic E-state index is 0.00555. The van der Waals surface area contributed by atoms with Gasteiger partial charge in [-0.1, -0.05) is 48.5 Å². The molecular weight excluding hydrogens is 386 g/mol. The number of aromatic nitrogens is 1. The molecule has 0 bridgehead atoms. The molecule has 1 aromatic heterocycles. The van der Waals surface area contributed by atoms with Gasteiger partial charge in [-0.3, -0.25) is 15.1 Å².